The predicted octanol–water partition coefficient (Wildman–Crippen LogP) is 4.97. The molecule has 1 aliphatic rings. The molecule has 9 nitrogen and oxygen atoms in total. The number of aliphatic hydroxyl groups excluding tert-OH is 2. The lowest BCUT2D eigenvalue weighted by Gasteiger charge is -2.40. The molecule has 1 aliphatic heterocycles. The van der Waals surface area contributed by atoms with Crippen molar-refractivity contribution in [1.82, 2.24) is 15.1 Å². The van der Waals surface area contributed by atoms with Crippen LogP contribution in [-0.2, 0) is 21.6 Å². The number of carbonyl (C=O) groups excluding carboxylic acids is 1. The number of rotatable bonds is 11. The SMILES string of the molecule is CC(C)(C)C[C@@H]1N[C@@H](C(=O)Nc2ccn(CC(C)(C)OC[C@@H](O)CO)n2)[C@H](c2cccc(Cl)c2F)[C@@]1(N)c1ccc(Cl)cc1F. The maximum atomic E-state index is 15.8. The normalized spacial score (nSPS) is 22.9. The van der Waals surface area contributed by atoms with Gasteiger partial charge in [0.25, 0.3) is 0 Å². The Balaban J connectivity index is 1.72. The van der Waals surface area contributed by atoms with Crippen LogP contribution in [0.1, 0.15) is 58.1 Å². The molecule has 0 saturated carbocycles. The van der Waals surface area contributed by atoms with Gasteiger partial charge in [-0.25, -0.2) is 8.78 Å². The van der Waals surface area contributed by atoms with Crippen LogP contribution in [0.2, 0.25) is 10.0 Å². The summed E-state index contributed by atoms with van der Waals surface area (Å²) in [5.74, 6) is -2.84. The van der Waals surface area contributed by atoms with E-state index in [2.05, 4.69) is 15.7 Å². The van der Waals surface area contributed by atoms with Gasteiger partial charge in [-0.1, -0.05) is 62.2 Å². The molecule has 0 radical (unpaired) electrons. The van der Waals surface area contributed by atoms with E-state index in [1.807, 2.05) is 20.8 Å². The van der Waals surface area contributed by atoms with Crippen molar-refractivity contribution in [2.45, 2.75) is 82.8 Å². The predicted molar refractivity (Wildman–Crippen MR) is 170 cm³/mol. The second-order valence-corrected chi connectivity index (χ2v) is 14.3. The summed E-state index contributed by atoms with van der Waals surface area (Å²) in [6.45, 7) is 9.39. The molecule has 1 fully saturated rings. The number of amides is 1. The van der Waals surface area contributed by atoms with Gasteiger partial charge in [-0.15, -0.1) is 0 Å². The van der Waals surface area contributed by atoms with Crippen LogP contribution in [0.4, 0.5) is 14.6 Å². The Morgan fingerprint density at radius 1 is 1.20 bits per heavy atom. The van der Waals surface area contributed by atoms with Gasteiger partial charge < -0.3 is 31.3 Å². The van der Waals surface area contributed by atoms with E-state index in [0.29, 0.717) is 6.42 Å². The topological polar surface area (TPSA) is 135 Å². The van der Waals surface area contributed by atoms with Crippen LogP contribution in [0.15, 0.2) is 48.7 Å². The van der Waals surface area contributed by atoms with Crippen molar-refractivity contribution in [2.24, 2.45) is 11.1 Å². The van der Waals surface area contributed by atoms with Crippen molar-refractivity contribution in [3.63, 3.8) is 0 Å². The van der Waals surface area contributed by atoms with Gasteiger partial charge in [0.2, 0.25) is 5.91 Å². The average Bonchev–Trinajstić information content (AvgIpc) is 3.49. The minimum atomic E-state index is -1.60. The smallest absolute Gasteiger partial charge is 0.243 e. The number of aromatic nitrogens is 2. The maximum Gasteiger partial charge on any atom is 0.243 e. The van der Waals surface area contributed by atoms with Crippen LogP contribution in [0, 0.1) is 17.0 Å². The van der Waals surface area contributed by atoms with Crippen molar-refractivity contribution in [2.75, 3.05) is 18.5 Å². The summed E-state index contributed by atoms with van der Waals surface area (Å²) in [6.07, 6.45) is 1.06. The summed E-state index contributed by atoms with van der Waals surface area (Å²) < 4.78 is 38.7. The quantitative estimate of drug-likeness (QED) is 0.195. The van der Waals surface area contributed by atoms with Crippen LogP contribution in [-0.4, -0.2) is 62.9 Å². The van der Waals surface area contributed by atoms with Gasteiger partial charge in [0.1, 0.15) is 17.7 Å². The van der Waals surface area contributed by atoms with Crippen LogP contribution < -0.4 is 16.4 Å². The zero-order valence-electron chi connectivity index (χ0n) is 26.0. The summed E-state index contributed by atoms with van der Waals surface area (Å²) in [6, 6.07) is 8.44. The molecule has 0 aliphatic carbocycles. The Morgan fingerprint density at radius 3 is 2.56 bits per heavy atom. The molecule has 6 N–H and O–H groups in total. The van der Waals surface area contributed by atoms with E-state index in [1.54, 1.807) is 36.9 Å². The molecule has 2 aromatic carbocycles. The van der Waals surface area contributed by atoms with Gasteiger partial charge in [0, 0.05) is 34.8 Å². The molecule has 246 valence electrons. The van der Waals surface area contributed by atoms with Crippen LogP contribution in [0.5, 0.6) is 0 Å². The van der Waals surface area contributed by atoms with Gasteiger partial charge in [0.05, 0.1) is 42.0 Å². The Morgan fingerprint density at radius 2 is 1.91 bits per heavy atom. The number of nitrogens with two attached hydrogens (primary N) is 1. The van der Waals surface area contributed by atoms with Gasteiger partial charge in [-0.2, -0.15) is 5.10 Å². The summed E-state index contributed by atoms with van der Waals surface area (Å²) in [4.78, 5) is 14.0. The highest BCUT2D eigenvalue weighted by atomic mass is 35.5. The molecule has 0 bridgehead atoms. The fraction of sp³-hybridized carbons (Fsp3) is 0.500. The number of nitrogens with one attached hydrogen (secondary N) is 2. The maximum absolute atomic E-state index is 15.8. The van der Waals surface area contributed by atoms with Crippen molar-refractivity contribution in [3.05, 3.63) is 81.5 Å². The van der Waals surface area contributed by atoms with E-state index >= 15 is 8.78 Å². The molecule has 5 atom stereocenters. The standard InChI is InChI=1S/C32H41Cl2F2N5O4/c1-30(2,3)14-24-32(37,21-10-9-18(33)13-23(21)35)26(20-7-6-8-22(34)27(20)36)28(38-24)29(44)39-25-11-12-41(40-25)17-31(4,5)45-16-19(43)15-42/h6-13,19,24,26,28,38,42-43H,14-17,37H2,1-5H3,(H,39,40,44)/t19-,24-,26-,28+,32+/m0/s1. The second kappa shape index (κ2) is 13.6. The molecular formula is C32H41Cl2F2N5O4. The first kappa shape index (κ1) is 35.2. The molecule has 3 aromatic rings. The first-order valence-electron chi connectivity index (χ1n) is 14.7. The minimum Gasteiger partial charge on any atom is -0.394 e. The number of carbonyl (C=O) groups is 1. The number of halogens is 4. The lowest BCUT2D eigenvalue weighted by Crippen LogP contribution is -2.52. The average molecular weight is 669 g/mol. The van der Waals surface area contributed by atoms with E-state index < -0.39 is 59.4 Å². The lowest BCUT2D eigenvalue weighted by atomic mass is 9.68. The fourth-order valence-corrected chi connectivity index (χ4v) is 6.28. The van der Waals surface area contributed by atoms with Crippen molar-refractivity contribution >= 4 is 34.9 Å². The largest absolute Gasteiger partial charge is 0.394 e. The Labute approximate surface area is 272 Å². The third-order valence-electron chi connectivity index (χ3n) is 7.93. The second-order valence-electron chi connectivity index (χ2n) is 13.4. The van der Waals surface area contributed by atoms with Crippen LogP contribution in [0.3, 0.4) is 0 Å². The lowest BCUT2D eigenvalue weighted by molar-refractivity contribution is -0.118. The molecule has 0 spiro atoms. The number of benzene rings is 2. The molecule has 2 heterocycles. The molecule has 0 unspecified atom stereocenters. The minimum absolute atomic E-state index is 0.0616. The van der Waals surface area contributed by atoms with Crippen LogP contribution >= 0.6 is 23.2 Å². The monoisotopic (exact) mass is 667 g/mol. The van der Waals surface area contributed by atoms with E-state index in [4.69, 9.17) is 38.8 Å². The van der Waals surface area contributed by atoms with Crippen molar-refractivity contribution < 1.29 is 28.5 Å². The molecule has 45 heavy (non-hydrogen) atoms. The number of nitrogens with zero attached hydrogens (tertiary/aromatic N) is 2. The number of ether oxygens (including phenoxy) is 1. The summed E-state index contributed by atoms with van der Waals surface area (Å²) >= 11 is 12.3. The van der Waals surface area contributed by atoms with E-state index in [-0.39, 0.29) is 45.6 Å². The molecule has 1 amide bonds. The number of aliphatic hydroxyl groups is 2. The third kappa shape index (κ3) is 8.02. The molecular weight excluding hydrogens is 627 g/mol. The molecule has 1 saturated heterocycles. The van der Waals surface area contributed by atoms with Gasteiger partial charge >= 0.3 is 0 Å². The van der Waals surface area contributed by atoms with E-state index in [9.17, 15) is 9.90 Å². The zero-order valence-corrected chi connectivity index (χ0v) is 27.5. The first-order valence-corrected chi connectivity index (χ1v) is 15.4. The Kier molecular flexibility index (Phi) is 10.7. The third-order valence-corrected chi connectivity index (χ3v) is 8.46. The zero-order chi connectivity index (χ0) is 33.3. The fourth-order valence-electron chi connectivity index (χ4n) is 5.93. The van der Waals surface area contributed by atoms with E-state index in [1.165, 1.54) is 24.3 Å². The van der Waals surface area contributed by atoms with Gasteiger partial charge in [0.15, 0.2) is 5.82 Å². The Hall–Kier alpha value is -2.64. The summed E-state index contributed by atoms with van der Waals surface area (Å²) in [7, 11) is 0. The van der Waals surface area contributed by atoms with Gasteiger partial charge in [-0.3, -0.25) is 9.48 Å². The number of hydrogen-bond donors (Lipinski definition) is 5. The number of hydrogen-bond acceptors (Lipinski definition) is 7. The summed E-state index contributed by atoms with van der Waals surface area (Å²) in [5.41, 5.74) is 4.72. The van der Waals surface area contributed by atoms with Gasteiger partial charge in [-0.05, 0) is 49.4 Å². The molecule has 13 heteroatoms. The summed E-state index contributed by atoms with van der Waals surface area (Å²) in [5, 5.41) is 29.3. The first-order chi connectivity index (χ1) is 20.9. The van der Waals surface area contributed by atoms with Crippen molar-refractivity contribution in [3.8, 4) is 0 Å². The molecule has 1 aromatic heterocycles. The van der Waals surface area contributed by atoms with E-state index in [0.717, 1.165) is 6.07 Å². The Bertz CT molecular complexity index is 1510. The van der Waals surface area contributed by atoms with Crippen molar-refractivity contribution in [1.29, 1.82) is 0 Å². The highest BCUT2D eigenvalue weighted by Crippen LogP contribution is 2.50. The molecule has 4 rings (SSSR count). The number of anilines is 1. The van der Waals surface area contributed by atoms with Crippen LogP contribution in [0.25, 0.3) is 0 Å². The highest BCUT2D eigenvalue weighted by Gasteiger charge is 2.58. The highest BCUT2D eigenvalue weighted by molar-refractivity contribution is 6.31.